The maximum absolute atomic E-state index is 13.0. The van der Waals surface area contributed by atoms with Crippen molar-refractivity contribution in [3.05, 3.63) is 45.8 Å². The first-order chi connectivity index (χ1) is 12.0. The minimum absolute atomic E-state index is 0.146. The third kappa shape index (κ3) is 3.35. The van der Waals surface area contributed by atoms with Gasteiger partial charge < -0.3 is 10.2 Å². The van der Waals surface area contributed by atoms with Crippen molar-refractivity contribution < 1.29 is 4.79 Å². The second-order valence-electron chi connectivity index (χ2n) is 7.31. The predicted octanol–water partition coefficient (Wildman–Crippen LogP) is 4.73. The van der Waals surface area contributed by atoms with E-state index in [2.05, 4.69) is 12.2 Å². The zero-order chi connectivity index (χ0) is 17.6. The van der Waals surface area contributed by atoms with E-state index in [1.54, 1.807) is 11.3 Å². The number of nitrogens with zero attached hydrogens (tertiary/aromatic N) is 1. The molecule has 2 fully saturated rings. The molecule has 1 aromatic carbocycles. The van der Waals surface area contributed by atoms with Gasteiger partial charge in [-0.3, -0.25) is 4.79 Å². The van der Waals surface area contributed by atoms with Crippen molar-refractivity contribution in [2.75, 3.05) is 7.05 Å². The number of nitrogens with one attached hydrogen (secondary N) is 1. The predicted molar refractivity (Wildman–Crippen MR) is 105 cm³/mol. The number of amides is 1. The van der Waals surface area contributed by atoms with E-state index in [-0.39, 0.29) is 5.91 Å². The molecule has 2 bridgehead atoms. The van der Waals surface area contributed by atoms with Crippen molar-refractivity contribution in [3.8, 4) is 10.4 Å². The number of carbonyl (C=O) groups is 1. The second kappa shape index (κ2) is 6.75. The Balaban J connectivity index is 1.55. The maximum atomic E-state index is 13.0. The van der Waals surface area contributed by atoms with Crippen molar-refractivity contribution in [2.45, 2.75) is 50.7 Å². The Morgan fingerprint density at radius 2 is 1.96 bits per heavy atom. The first-order valence-corrected chi connectivity index (χ1v) is 10.1. The summed E-state index contributed by atoms with van der Waals surface area (Å²) in [5, 5.41) is 4.37. The molecule has 2 aromatic rings. The number of thiophene rings is 1. The zero-order valence-corrected chi connectivity index (χ0v) is 16.2. The van der Waals surface area contributed by atoms with Gasteiger partial charge in [0.15, 0.2) is 0 Å². The number of carbonyl (C=O) groups excluding carboxylic acids is 1. The van der Waals surface area contributed by atoms with Crippen LogP contribution in [0.1, 0.15) is 40.9 Å². The van der Waals surface area contributed by atoms with Gasteiger partial charge in [-0.1, -0.05) is 23.7 Å². The van der Waals surface area contributed by atoms with Crippen molar-refractivity contribution in [1.29, 1.82) is 0 Å². The highest BCUT2D eigenvalue weighted by Crippen LogP contribution is 2.35. The average Bonchev–Trinajstić information content (AvgIpc) is 3.15. The second-order valence-corrected chi connectivity index (χ2v) is 8.80. The number of piperidine rings is 1. The quantitative estimate of drug-likeness (QED) is 0.842. The van der Waals surface area contributed by atoms with Crippen LogP contribution in [0.5, 0.6) is 0 Å². The molecule has 2 aliphatic rings. The third-order valence-electron chi connectivity index (χ3n) is 5.53. The number of hydrogen-bond donors (Lipinski definition) is 1. The smallest absolute Gasteiger partial charge is 0.263 e. The molecule has 1 aromatic heterocycles. The lowest BCUT2D eigenvalue weighted by Crippen LogP contribution is -2.48. The van der Waals surface area contributed by atoms with Crippen LogP contribution >= 0.6 is 22.9 Å². The van der Waals surface area contributed by atoms with Gasteiger partial charge >= 0.3 is 0 Å². The minimum Gasteiger partial charge on any atom is -0.338 e. The van der Waals surface area contributed by atoms with Gasteiger partial charge in [-0.25, -0.2) is 0 Å². The first kappa shape index (κ1) is 17.1. The lowest BCUT2D eigenvalue weighted by molar-refractivity contribution is 0.0686. The lowest BCUT2D eigenvalue weighted by Gasteiger charge is -2.35. The Morgan fingerprint density at radius 1 is 1.24 bits per heavy atom. The Hall–Kier alpha value is -1.36. The van der Waals surface area contributed by atoms with E-state index in [0.29, 0.717) is 18.1 Å². The van der Waals surface area contributed by atoms with Gasteiger partial charge in [-0.15, -0.1) is 11.3 Å². The third-order valence-corrected chi connectivity index (χ3v) is 7.04. The van der Waals surface area contributed by atoms with Gasteiger partial charge in [0.2, 0.25) is 0 Å². The molecule has 3 heterocycles. The standard InChI is InChI=1S/C20H23ClN2OS/c1-12-8-18(25-19(12)13-4-3-5-14(21)9-13)20(24)23(2)17-10-15-6-7-16(11-17)22-15/h3-5,8-9,15-17,22H,6-7,10-11H2,1-2H3. The fraction of sp³-hybridized carbons (Fsp3) is 0.450. The van der Waals surface area contributed by atoms with Crippen LogP contribution in [-0.4, -0.2) is 36.0 Å². The van der Waals surface area contributed by atoms with Crippen LogP contribution in [0.25, 0.3) is 10.4 Å². The van der Waals surface area contributed by atoms with Crippen LogP contribution in [-0.2, 0) is 0 Å². The number of aryl methyl sites for hydroxylation is 1. The number of halogens is 1. The van der Waals surface area contributed by atoms with Gasteiger partial charge in [-0.2, -0.15) is 0 Å². The molecule has 2 aliphatic heterocycles. The summed E-state index contributed by atoms with van der Waals surface area (Å²) in [6, 6.07) is 11.4. The van der Waals surface area contributed by atoms with E-state index >= 15 is 0 Å². The van der Waals surface area contributed by atoms with Crippen molar-refractivity contribution in [1.82, 2.24) is 10.2 Å². The molecule has 132 valence electrons. The normalized spacial score (nSPS) is 25.2. The summed E-state index contributed by atoms with van der Waals surface area (Å²) in [6.07, 6.45) is 4.65. The fourth-order valence-corrected chi connectivity index (χ4v) is 5.53. The van der Waals surface area contributed by atoms with Crippen LogP contribution in [0, 0.1) is 6.92 Å². The van der Waals surface area contributed by atoms with Crippen molar-refractivity contribution >= 4 is 28.8 Å². The topological polar surface area (TPSA) is 32.3 Å². The van der Waals surface area contributed by atoms with E-state index in [1.165, 1.54) is 12.8 Å². The molecule has 0 spiro atoms. The first-order valence-electron chi connectivity index (χ1n) is 8.91. The van der Waals surface area contributed by atoms with Crippen molar-refractivity contribution in [3.63, 3.8) is 0 Å². The largest absolute Gasteiger partial charge is 0.338 e. The average molecular weight is 375 g/mol. The Morgan fingerprint density at radius 3 is 2.64 bits per heavy atom. The van der Waals surface area contributed by atoms with Gasteiger partial charge in [0.1, 0.15) is 0 Å². The van der Waals surface area contributed by atoms with Crippen LogP contribution < -0.4 is 5.32 Å². The van der Waals surface area contributed by atoms with Crippen LogP contribution in [0.4, 0.5) is 0 Å². The highest BCUT2D eigenvalue weighted by atomic mass is 35.5. The van der Waals surface area contributed by atoms with Crippen LogP contribution in [0.3, 0.4) is 0 Å². The molecule has 2 atom stereocenters. The Labute approximate surface area is 158 Å². The van der Waals surface area contributed by atoms with E-state index < -0.39 is 0 Å². The Kier molecular flexibility index (Phi) is 4.61. The fourth-order valence-electron chi connectivity index (χ4n) is 4.19. The zero-order valence-electron chi connectivity index (χ0n) is 14.6. The summed E-state index contributed by atoms with van der Waals surface area (Å²) < 4.78 is 0. The molecule has 0 aliphatic carbocycles. The van der Waals surface area contributed by atoms with E-state index in [0.717, 1.165) is 38.7 Å². The number of benzene rings is 1. The molecule has 25 heavy (non-hydrogen) atoms. The summed E-state index contributed by atoms with van der Waals surface area (Å²) in [4.78, 5) is 17.0. The number of fused-ring (bicyclic) bond motifs is 2. The summed E-state index contributed by atoms with van der Waals surface area (Å²) in [7, 11) is 1.96. The summed E-state index contributed by atoms with van der Waals surface area (Å²) >= 11 is 7.70. The molecule has 2 unspecified atom stereocenters. The number of rotatable bonds is 3. The summed E-state index contributed by atoms with van der Waals surface area (Å²) in [5.74, 6) is 0.146. The number of hydrogen-bond acceptors (Lipinski definition) is 3. The molecule has 2 saturated heterocycles. The van der Waals surface area contributed by atoms with Gasteiger partial charge in [0.05, 0.1) is 4.88 Å². The molecular formula is C20H23ClN2OS. The van der Waals surface area contributed by atoms with Gasteiger partial charge in [0.25, 0.3) is 5.91 Å². The molecule has 1 N–H and O–H groups in total. The lowest BCUT2D eigenvalue weighted by atomic mass is 9.98. The van der Waals surface area contributed by atoms with Gasteiger partial charge in [0, 0.05) is 35.1 Å². The molecule has 0 radical (unpaired) electrons. The summed E-state index contributed by atoms with van der Waals surface area (Å²) in [5.41, 5.74) is 2.21. The SMILES string of the molecule is Cc1cc(C(=O)N(C)C2CC3CCC(C2)N3)sc1-c1cccc(Cl)c1. The van der Waals surface area contributed by atoms with E-state index in [1.807, 2.05) is 42.3 Å². The molecule has 4 rings (SSSR count). The molecular weight excluding hydrogens is 352 g/mol. The van der Waals surface area contributed by atoms with Crippen LogP contribution in [0.2, 0.25) is 5.02 Å². The minimum atomic E-state index is 0.146. The van der Waals surface area contributed by atoms with E-state index in [4.69, 9.17) is 11.6 Å². The maximum Gasteiger partial charge on any atom is 0.263 e. The Bertz CT molecular complexity index is 791. The highest BCUT2D eigenvalue weighted by molar-refractivity contribution is 7.17. The highest BCUT2D eigenvalue weighted by Gasteiger charge is 2.36. The monoisotopic (exact) mass is 374 g/mol. The summed E-state index contributed by atoms with van der Waals surface area (Å²) in [6.45, 7) is 2.06. The van der Waals surface area contributed by atoms with Gasteiger partial charge in [-0.05, 0) is 61.9 Å². The molecule has 5 heteroatoms. The molecule has 3 nitrogen and oxygen atoms in total. The molecule has 1 amide bonds. The van der Waals surface area contributed by atoms with Crippen molar-refractivity contribution in [2.24, 2.45) is 0 Å². The van der Waals surface area contributed by atoms with Crippen LogP contribution in [0.15, 0.2) is 30.3 Å². The molecule has 0 saturated carbocycles. The van der Waals surface area contributed by atoms with E-state index in [9.17, 15) is 4.79 Å².